The van der Waals surface area contributed by atoms with E-state index in [2.05, 4.69) is 37.9 Å². The Morgan fingerprint density at radius 1 is 1.55 bits per heavy atom. The summed E-state index contributed by atoms with van der Waals surface area (Å²) in [7, 11) is 0. The second-order valence-corrected chi connectivity index (χ2v) is 3.88. The smallest absolute Gasteiger partial charge is 0.214 e. The number of hydrogen-bond acceptors (Lipinski definition) is 3. The molecule has 1 heterocycles. The van der Waals surface area contributed by atoms with Crippen molar-refractivity contribution in [2.45, 2.75) is 27.2 Å². The average Bonchev–Trinajstić information content (AvgIpc) is 2.10. The van der Waals surface area contributed by atoms with Crippen LogP contribution in [-0.2, 0) is 4.74 Å². The normalized spacial score (nSPS) is 17.4. The molecule has 0 aliphatic carbocycles. The second-order valence-electron chi connectivity index (χ2n) is 3.88. The lowest BCUT2D eigenvalue weighted by atomic mass is 9.92. The maximum Gasteiger partial charge on any atom is 0.214 e. The second kappa shape index (κ2) is 2.57. The zero-order chi connectivity index (χ0) is 8.48. The van der Waals surface area contributed by atoms with Crippen LogP contribution in [0.25, 0.3) is 0 Å². The third-order valence-electron chi connectivity index (χ3n) is 1.23. The lowest BCUT2D eigenvalue weighted by Crippen LogP contribution is -2.12. The standard InChI is InChI=1S/C8H14N2O/c1-6-9-10-7(11-6)5-8(2,3)4/h9H,1,5H2,2-4H3. The van der Waals surface area contributed by atoms with E-state index in [0.717, 1.165) is 12.3 Å². The van der Waals surface area contributed by atoms with Gasteiger partial charge < -0.3 is 4.74 Å². The molecule has 0 spiro atoms. The van der Waals surface area contributed by atoms with Crippen LogP contribution in [0.2, 0.25) is 0 Å². The van der Waals surface area contributed by atoms with Gasteiger partial charge in [-0.1, -0.05) is 20.8 Å². The van der Waals surface area contributed by atoms with Crippen LogP contribution in [0.1, 0.15) is 27.2 Å². The van der Waals surface area contributed by atoms with Crippen molar-refractivity contribution in [1.29, 1.82) is 0 Å². The summed E-state index contributed by atoms with van der Waals surface area (Å²) in [5, 5.41) is 3.95. The summed E-state index contributed by atoms with van der Waals surface area (Å²) in [6.45, 7) is 10.0. The molecule has 11 heavy (non-hydrogen) atoms. The van der Waals surface area contributed by atoms with Gasteiger partial charge in [0, 0.05) is 6.42 Å². The SMILES string of the molecule is C=C1NN=C(CC(C)(C)C)O1. The first kappa shape index (κ1) is 8.11. The average molecular weight is 154 g/mol. The van der Waals surface area contributed by atoms with Gasteiger partial charge in [-0.2, -0.15) is 0 Å². The Bertz CT molecular complexity index is 201. The molecule has 0 radical (unpaired) electrons. The maximum absolute atomic E-state index is 5.18. The summed E-state index contributed by atoms with van der Waals surface area (Å²) >= 11 is 0. The molecule has 1 rings (SSSR count). The van der Waals surface area contributed by atoms with Gasteiger partial charge in [-0.15, -0.1) is 5.10 Å². The Kier molecular flexibility index (Phi) is 1.89. The Hall–Kier alpha value is -0.990. The van der Waals surface area contributed by atoms with Gasteiger partial charge in [0.15, 0.2) is 0 Å². The molecule has 1 aliphatic heterocycles. The van der Waals surface area contributed by atoms with E-state index in [1.54, 1.807) is 0 Å². The lowest BCUT2D eigenvalue weighted by Gasteiger charge is -2.16. The maximum atomic E-state index is 5.18. The predicted molar refractivity (Wildman–Crippen MR) is 44.9 cm³/mol. The van der Waals surface area contributed by atoms with Gasteiger partial charge in [0.25, 0.3) is 0 Å². The molecular weight excluding hydrogens is 140 g/mol. The summed E-state index contributed by atoms with van der Waals surface area (Å²) < 4.78 is 5.18. The van der Waals surface area contributed by atoms with Crippen molar-refractivity contribution in [1.82, 2.24) is 5.43 Å². The molecule has 0 aromatic heterocycles. The van der Waals surface area contributed by atoms with Crippen LogP contribution in [0.3, 0.4) is 0 Å². The van der Waals surface area contributed by atoms with Crippen LogP contribution in [0, 0.1) is 5.41 Å². The quantitative estimate of drug-likeness (QED) is 0.625. The van der Waals surface area contributed by atoms with Crippen LogP contribution in [0.15, 0.2) is 17.6 Å². The number of nitrogens with one attached hydrogen (secondary N) is 1. The van der Waals surface area contributed by atoms with E-state index in [0.29, 0.717) is 5.88 Å². The Labute approximate surface area is 67.1 Å². The number of hydrogen-bond donors (Lipinski definition) is 1. The Balaban J connectivity index is 2.46. The molecule has 0 unspecified atom stereocenters. The van der Waals surface area contributed by atoms with Crippen molar-refractivity contribution in [2.75, 3.05) is 0 Å². The van der Waals surface area contributed by atoms with Crippen molar-refractivity contribution in [3.8, 4) is 0 Å². The van der Waals surface area contributed by atoms with Gasteiger partial charge in [-0.3, -0.25) is 0 Å². The molecule has 0 atom stereocenters. The summed E-state index contributed by atoms with van der Waals surface area (Å²) in [5.74, 6) is 1.24. The van der Waals surface area contributed by atoms with E-state index < -0.39 is 0 Å². The number of hydrazone groups is 1. The van der Waals surface area contributed by atoms with Crippen LogP contribution >= 0.6 is 0 Å². The van der Waals surface area contributed by atoms with Crippen LogP contribution in [-0.4, -0.2) is 5.90 Å². The largest absolute Gasteiger partial charge is 0.424 e. The molecule has 3 nitrogen and oxygen atoms in total. The minimum atomic E-state index is 0.213. The highest BCUT2D eigenvalue weighted by Gasteiger charge is 2.19. The van der Waals surface area contributed by atoms with E-state index in [4.69, 9.17) is 4.74 Å². The molecule has 0 saturated heterocycles. The molecule has 0 aromatic rings. The van der Waals surface area contributed by atoms with E-state index in [1.807, 2.05) is 0 Å². The third-order valence-corrected chi connectivity index (χ3v) is 1.23. The minimum absolute atomic E-state index is 0.213. The molecule has 0 saturated carbocycles. The van der Waals surface area contributed by atoms with E-state index in [1.165, 1.54) is 0 Å². The Morgan fingerprint density at radius 2 is 2.18 bits per heavy atom. The number of nitrogens with zero attached hydrogens (tertiary/aromatic N) is 1. The third kappa shape index (κ3) is 2.62. The molecule has 0 amide bonds. The molecule has 0 fully saturated rings. The van der Waals surface area contributed by atoms with Crippen LogP contribution < -0.4 is 5.43 Å². The summed E-state index contributed by atoms with van der Waals surface area (Å²) in [6, 6.07) is 0. The van der Waals surface area contributed by atoms with E-state index >= 15 is 0 Å². The molecule has 62 valence electrons. The van der Waals surface area contributed by atoms with Crippen molar-refractivity contribution in [3.63, 3.8) is 0 Å². The highest BCUT2D eigenvalue weighted by molar-refractivity contribution is 5.78. The zero-order valence-electron chi connectivity index (χ0n) is 7.27. The van der Waals surface area contributed by atoms with Crippen molar-refractivity contribution in [3.05, 3.63) is 12.5 Å². The van der Waals surface area contributed by atoms with Gasteiger partial charge in [-0.05, 0) is 12.0 Å². The molecule has 3 heteroatoms. The molecule has 1 aliphatic rings. The van der Waals surface area contributed by atoms with Gasteiger partial charge in [0.1, 0.15) is 0 Å². The molecule has 0 aromatic carbocycles. The lowest BCUT2D eigenvalue weighted by molar-refractivity contribution is 0.360. The molecule has 1 N–H and O–H groups in total. The van der Waals surface area contributed by atoms with Gasteiger partial charge in [0.05, 0.1) is 0 Å². The topological polar surface area (TPSA) is 33.6 Å². The van der Waals surface area contributed by atoms with E-state index in [9.17, 15) is 0 Å². The van der Waals surface area contributed by atoms with Gasteiger partial charge >= 0.3 is 0 Å². The fourth-order valence-electron chi connectivity index (χ4n) is 0.842. The van der Waals surface area contributed by atoms with Gasteiger partial charge in [-0.25, -0.2) is 5.43 Å². The predicted octanol–water partition coefficient (Wildman–Crippen LogP) is 1.83. The number of rotatable bonds is 1. The fraction of sp³-hybridized carbons (Fsp3) is 0.625. The summed E-state index contributed by atoms with van der Waals surface area (Å²) in [6.07, 6.45) is 0.832. The van der Waals surface area contributed by atoms with Crippen LogP contribution in [0.5, 0.6) is 0 Å². The highest BCUT2D eigenvalue weighted by Crippen LogP contribution is 2.21. The van der Waals surface area contributed by atoms with Gasteiger partial charge in [0.2, 0.25) is 11.8 Å². The Morgan fingerprint density at radius 3 is 2.55 bits per heavy atom. The monoisotopic (exact) mass is 154 g/mol. The summed E-state index contributed by atoms with van der Waals surface area (Å²) in [4.78, 5) is 0. The minimum Gasteiger partial charge on any atom is -0.424 e. The number of ether oxygens (including phenoxy) is 1. The van der Waals surface area contributed by atoms with Crippen molar-refractivity contribution in [2.24, 2.45) is 10.5 Å². The molecule has 0 bridgehead atoms. The highest BCUT2D eigenvalue weighted by atomic mass is 16.5. The van der Waals surface area contributed by atoms with Crippen molar-refractivity contribution < 1.29 is 4.74 Å². The van der Waals surface area contributed by atoms with E-state index in [-0.39, 0.29) is 5.41 Å². The fourth-order valence-corrected chi connectivity index (χ4v) is 0.842. The van der Waals surface area contributed by atoms with Crippen molar-refractivity contribution >= 4 is 5.90 Å². The first-order valence-electron chi connectivity index (χ1n) is 3.67. The molecular formula is C8H14N2O. The first-order valence-corrected chi connectivity index (χ1v) is 3.67. The summed E-state index contributed by atoms with van der Waals surface area (Å²) in [5.41, 5.74) is 2.88. The zero-order valence-corrected chi connectivity index (χ0v) is 7.27. The first-order chi connectivity index (χ1) is 4.97. The van der Waals surface area contributed by atoms with Crippen LogP contribution in [0.4, 0.5) is 0 Å².